The first-order valence-corrected chi connectivity index (χ1v) is 9.82. The molecule has 0 saturated carbocycles. The van der Waals surface area contributed by atoms with Crippen molar-refractivity contribution < 1.29 is 9.53 Å². The molecule has 0 radical (unpaired) electrons. The number of carbonyl (C=O) groups is 1. The van der Waals surface area contributed by atoms with Crippen LogP contribution in [0.4, 0.5) is 0 Å². The van der Waals surface area contributed by atoms with Gasteiger partial charge in [0.25, 0.3) is 0 Å². The van der Waals surface area contributed by atoms with Crippen LogP contribution in [0, 0.1) is 0 Å². The number of halogens is 2. The van der Waals surface area contributed by atoms with Crippen molar-refractivity contribution in [1.82, 2.24) is 14.9 Å². The maximum absolute atomic E-state index is 11.8. The molecular formula is C21H22Cl2N4O2. The van der Waals surface area contributed by atoms with E-state index in [0.29, 0.717) is 35.4 Å². The van der Waals surface area contributed by atoms with Gasteiger partial charge < -0.3 is 20.4 Å². The Morgan fingerprint density at radius 3 is 2.66 bits per heavy atom. The molecule has 3 rings (SSSR count). The highest BCUT2D eigenvalue weighted by atomic mass is 35.5. The van der Waals surface area contributed by atoms with Gasteiger partial charge in [-0.15, -0.1) is 0 Å². The lowest BCUT2D eigenvalue weighted by Gasteiger charge is -2.15. The highest BCUT2D eigenvalue weighted by Crippen LogP contribution is 2.24. The van der Waals surface area contributed by atoms with Gasteiger partial charge in [0.05, 0.1) is 18.1 Å². The average Bonchev–Trinajstić information content (AvgIpc) is 3.10. The van der Waals surface area contributed by atoms with E-state index in [-0.39, 0.29) is 0 Å². The van der Waals surface area contributed by atoms with Crippen LogP contribution in [0.5, 0.6) is 5.75 Å². The Hall–Kier alpha value is -2.54. The summed E-state index contributed by atoms with van der Waals surface area (Å²) in [5.74, 6) is 0.199. The third-order valence-electron chi connectivity index (χ3n) is 4.43. The second kappa shape index (κ2) is 9.78. The van der Waals surface area contributed by atoms with Crippen LogP contribution in [0.3, 0.4) is 0 Å². The van der Waals surface area contributed by atoms with Gasteiger partial charge in [0.15, 0.2) is 0 Å². The lowest BCUT2D eigenvalue weighted by molar-refractivity contribution is -0.120. The molecule has 0 saturated heterocycles. The average molecular weight is 433 g/mol. The minimum absolute atomic E-state index is 0.349. The van der Waals surface area contributed by atoms with E-state index in [4.69, 9.17) is 33.7 Å². The number of hydrogen-bond acceptors (Lipinski definition) is 4. The summed E-state index contributed by atoms with van der Waals surface area (Å²) in [6.45, 7) is 0.742. The zero-order valence-corrected chi connectivity index (χ0v) is 17.5. The van der Waals surface area contributed by atoms with Gasteiger partial charge in [-0.2, -0.15) is 0 Å². The van der Waals surface area contributed by atoms with Gasteiger partial charge in [-0.1, -0.05) is 47.5 Å². The first-order chi connectivity index (χ1) is 13.9. The maximum atomic E-state index is 11.8. The summed E-state index contributed by atoms with van der Waals surface area (Å²) in [6, 6.07) is 12.4. The number of primary amides is 1. The van der Waals surface area contributed by atoms with Crippen molar-refractivity contribution in [2.24, 2.45) is 12.8 Å². The number of aromatic nitrogens is 2. The predicted octanol–water partition coefficient (Wildman–Crippen LogP) is 3.49. The Bertz CT molecular complexity index is 990. The van der Waals surface area contributed by atoms with Crippen LogP contribution in [0.2, 0.25) is 10.0 Å². The van der Waals surface area contributed by atoms with Crippen LogP contribution in [-0.2, 0) is 31.4 Å². The summed E-state index contributed by atoms with van der Waals surface area (Å²) < 4.78 is 7.60. The molecule has 0 aliphatic heterocycles. The van der Waals surface area contributed by atoms with Crippen LogP contribution in [0.15, 0.2) is 55.0 Å². The van der Waals surface area contributed by atoms with Crippen molar-refractivity contribution in [3.63, 3.8) is 0 Å². The van der Waals surface area contributed by atoms with E-state index in [2.05, 4.69) is 10.3 Å². The van der Waals surface area contributed by atoms with Crippen LogP contribution in [0.25, 0.3) is 0 Å². The SMILES string of the molecule is Cn1cnc(CC(NCc2ccc(OCc3ccccc3Cl)cc2Cl)C(N)=O)c1. The zero-order chi connectivity index (χ0) is 20.8. The van der Waals surface area contributed by atoms with E-state index in [0.717, 1.165) is 16.8 Å². The number of aryl methyl sites for hydroxylation is 1. The minimum Gasteiger partial charge on any atom is -0.489 e. The summed E-state index contributed by atoms with van der Waals surface area (Å²) in [4.78, 5) is 16.0. The third kappa shape index (κ3) is 5.97. The van der Waals surface area contributed by atoms with Gasteiger partial charge >= 0.3 is 0 Å². The minimum atomic E-state index is -0.544. The molecule has 3 N–H and O–H groups in total. The summed E-state index contributed by atoms with van der Waals surface area (Å²) in [7, 11) is 1.87. The summed E-state index contributed by atoms with van der Waals surface area (Å²) in [5.41, 5.74) is 8.05. The molecule has 1 amide bonds. The number of carbonyl (C=O) groups excluding carboxylic acids is 1. The molecule has 0 aliphatic carbocycles. The summed E-state index contributed by atoms with van der Waals surface area (Å²) >= 11 is 12.5. The number of hydrogen-bond donors (Lipinski definition) is 2. The normalized spacial score (nSPS) is 12.0. The molecule has 1 aromatic heterocycles. The quantitative estimate of drug-likeness (QED) is 0.541. The number of rotatable bonds is 9. The number of nitrogens with one attached hydrogen (secondary N) is 1. The molecular weight excluding hydrogens is 411 g/mol. The molecule has 8 heteroatoms. The van der Waals surface area contributed by atoms with Crippen molar-refractivity contribution in [1.29, 1.82) is 0 Å². The molecule has 2 aromatic carbocycles. The molecule has 1 heterocycles. The standard InChI is InChI=1S/C21H22Cl2N4O2/c1-27-11-16(26-13-27)8-20(21(24)28)25-10-14-6-7-17(9-19(14)23)29-12-15-4-2-3-5-18(15)22/h2-7,9,11,13,20,25H,8,10,12H2,1H3,(H2,24,28). The van der Waals surface area contributed by atoms with Gasteiger partial charge in [0, 0.05) is 41.8 Å². The smallest absolute Gasteiger partial charge is 0.234 e. The number of benzene rings is 2. The lowest BCUT2D eigenvalue weighted by Crippen LogP contribution is -2.42. The first-order valence-electron chi connectivity index (χ1n) is 9.06. The molecule has 6 nitrogen and oxygen atoms in total. The fourth-order valence-electron chi connectivity index (χ4n) is 2.83. The molecule has 0 fully saturated rings. The first kappa shape index (κ1) is 21.2. The number of nitrogens with zero attached hydrogens (tertiary/aromatic N) is 2. The number of amides is 1. The van der Waals surface area contributed by atoms with Crippen LogP contribution in [0.1, 0.15) is 16.8 Å². The molecule has 1 atom stereocenters. The molecule has 0 aliphatic rings. The Morgan fingerprint density at radius 2 is 2.00 bits per heavy atom. The van der Waals surface area contributed by atoms with E-state index in [1.165, 1.54) is 0 Å². The molecule has 152 valence electrons. The van der Waals surface area contributed by atoms with Crippen molar-refractivity contribution in [2.75, 3.05) is 0 Å². The number of ether oxygens (including phenoxy) is 1. The predicted molar refractivity (Wildman–Crippen MR) is 114 cm³/mol. The Kier molecular flexibility index (Phi) is 7.14. The van der Waals surface area contributed by atoms with Crippen LogP contribution < -0.4 is 15.8 Å². The molecule has 29 heavy (non-hydrogen) atoms. The molecule has 0 spiro atoms. The molecule has 0 bridgehead atoms. The monoisotopic (exact) mass is 432 g/mol. The van der Waals surface area contributed by atoms with E-state index in [1.54, 1.807) is 12.4 Å². The zero-order valence-electron chi connectivity index (χ0n) is 15.9. The van der Waals surface area contributed by atoms with E-state index in [9.17, 15) is 4.79 Å². The van der Waals surface area contributed by atoms with Crippen molar-refractivity contribution in [3.05, 3.63) is 81.9 Å². The van der Waals surface area contributed by atoms with Gasteiger partial charge in [-0.25, -0.2) is 4.98 Å². The topological polar surface area (TPSA) is 82.2 Å². The fraction of sp³-hybridized carbons (Fsp3) is 0.238. The molecule has 1 unspecified atom stereocenters. The second-order valence-corrected chi connectivity index (χ2v) is 7.52. The van der Waals surface area contributed by atoms with Crippen LogP contribution >= 0.6 is 23.2 Å². The van der Waals surface area contributed by atoms with Crippen molar-refractivity contribution in [3.8, 4) is 5.75 Å². The van der Waals surface area contributed by atoms with E-state index >= 15 is 0 Å². The Morgan fingerprint density at radius 1 is 1.21 bits per heavy atom. The van der Waals surface area contributed by atoms with E-state index < -0.39 is 11.9 Å². The molecule has 3 aromatic rings. The Labute approximate surface area is 179 Å². The lowest BCUT2D eigenvalue weighted by atomic mass is 10.1. The largest absolute Gasteiger partial charge is 0.489 e. The highest BCUT2D eigenvalue weighted by molar-refractivity contribution is 6.31. The summed E-state index contributed by atoms with van der Waals surface area (Å²) in [6.07, 6.45) is 3.95. The third-order valence-corrected chi connectivity index (χ3v) is 5.15. The van der Waals surface area contributed by atoms with Crippen molar-refractivity contribution in [2.45, 2.75) is 25.6 Å². The summed E-state index contributed by atoms with van der Waals surface area (Å²) in [5, 5.41) is 4.35. The maximum Gasteiger partial charge on any atom is 0.234 e. The Balaban J connectivity index is 1.59. The van der Waals surface area contributed by atoms with Crippen molar-refractivity contribution >= 4 is 29.1 Å². The number of imidazole rings is 1. The highest BCUT2D eigenvalue weighted by Gasteiger charge is 2.17. The van der Waals surface area contributed by atoms with Gasteiger partial charge in [0.1, 0.15) is 12.4 Å². The second-order valence-electron chi connectivity index (χ2n) is 6.70. The van der Waals surface area contributed by atoms with Crippen LogP contribution in [-0.4, -0.2) is 21.5 Å². The van der Waals surface area contributed by atoms with Gasteiger partial charge in [-0.05, 0) is 23.8 Å². The fourth-order valence-corrected chi connectivity index (χ4v) is 3.25. The number of nitrogens with two attached hydrogens (primary N) is 1. The van der Waals surface area contributed by atoms with Gasteiger partial charge in [0.2, 0.25) is 5.91 Å². The van der Waals surface area contributed by atoms with Gasteiger partial charge in [-0.3, -0.25) is 4.79 Å². The van der Waals surface area contributed by atoms with E-state index in [1.807, 2.05) is 54.2 Å².